The van der Waals surface area contributed by atoms with Gasteiger partial charge in [0.05, 0.1) is 6.04 Å². The normalized spacial score (nSPS) is 14.2. The number of hydrogen-bond acceptors (Lipinski definition) is 4. The third-order valence-corrected chi connectivity index (χ3v) is 3.77. The van der Waals surface area contributed by atoms with Crippen molar-refractivity contribution in [1.82, 2.24) is 5.32 Å². The molecule has 0 fully saturated rings. The smallest absolute Gasteiger partial charge is 0.335 e. The van der Waals surface area contributed by atoms with Crippen molar-refractivity contribution >= 4 is 11.9 Å². The van der Waals surface area contributed by atoms with Gasteiger partial charge in [-0.3, -0.25) is 4.79 Å². The monoisotopic (exact) mass is 357 g/mol. The molecule has 138 valence electrons. The highest BCUT2D eigenvalue weighted by Gasteiger charge is 2.33. The fraction of sp³-hybridized carbons (Fsp3) is 0.300. The SMILES string of the molecule is CCOC(C)OC(C(=O)O)[C@H](NC(=O)c1ccccc1)c1ccccc1. The molecule has 6 nitrogen and oxygen atoms in total. The molecule has 0 aromatic heterocycles. The first-order valence-corrected chi connectivity index (χ1v) is 8.43. The van der Waals surface area contributed by atoms with E-state index in [1.54, 1.807) is 68.4 Å². The fourth-order valence-electron chi connectivity index (χ4n) is 2.57. The van der Waals surface area contributed by atoms with Gasteiger partial charge in [-0.15, -0.1) is 0 Å². The predicted molar refractivity (Wildman–Crippen MR) is 96.7 cm³/mol. The number of carbonyl (C=O) groups excluding carboxylic acids is 1. The number of aliphatic carboxylic acids is 1. The minimum absolute atomic E-state index is 0.377. The zero-order chi connectivity index (χ0) is 18.9. The molecule has 2 unspecified atom stereocenters. The Labute approximate surface area is 152 Å². The van der Waals surface area contributed by atoms with Gasteiger partial charge in [-0.2, -0.15) is 0 Å². The van der Waals surface area contributed by atoms with E-state index in [9.17, 15) is 14.7 Å². The van der Waals surface area contributed by atoms with Crippen LogP contribution in [0.1, 0.15) is 35.8 Å². The largest absolute Gasteiger partial charge is 0.479 e. The number of rotatable bonds is 9. The summed E-state index contributed by atoms with van der Waals surface area (Å²) in [6.45, 7) is 3.81. The van der Waals surface area contributed by atoms with Crippen molar-refractivity contribution < 1.29 is 24.2 Å². The van der Waals surface area contributed by atoms with Crippen LogP contribution in [-0.4, -0.2) is 36.0 Å². The molecule has 0 bridgehead atoms. The number of carbonyl (C=O) groups is 2. The molecular weight excluding hydrogens is 334 g/mol. The van der Waals surface area contributed by atoms with Crippen molar-refractivity contribution in [3.63, 3.8) is 0 Å². The first-order valence-electron chi connectivity index (χ1n) is 8.43. The number of hydrogen-bond donors (Lipinski definition) is 2. The number of benzene rings is 2. The van der Waals surface area contributed by atoms with E-state index in [4.69, 9.17) is 9.47 Å². The van der Waals surface area contributed by atoms with E-state index in [-0.39, 0.29) is 5.91 Å². The summed E-state index contributed by atoms with van der Waals surface area (Å²) in [5.74, 6) is -1.56. The van der Waals surface area contributed by atoms with Gasteiger partial charge < -0.3 is 19.9 Å². The molecule has 0 saturated carbocycles. The summed E-state index contributed by atoms with van der Waals surface area (Å²) in [7, 11) is 0. The Hall–Kier alpha value is -2.70. The molecule has 2 N–H and O–H groups in total. The van der Waals surface area contributed by atoms with Gasteiger partial charge >= 0.3 is 5.97 Å². The van der Waals surface area contributed by atoms with Crippen LogP contribution >= 0.6 is 0 Å². The van der Waals surface area contributed by atoms with Gasteiger partial charge in [0, 0.05) is 12.2 Å². The summed E-state index contributed by atoms with van der Waals surface area (Å²) >= 11 is 0. The van der Waals surface area contributed by atoms with Gasteiger partial charge in [0.15, 0.2) is 12.4 Å². The zero-order valence-corrected chi connectivity index (χ0v) is 14.8. The van der Waals surface area contributed by atoms with Gasteiger partial charge in [-0.25, -0.2) is 4.79 Å². The minimum atomic E-state index is -1.30. The molecule has 0 spiro atoms. The fourth-order valence-corrected chi connectivity index (χ4v) is 2.57. The first kappa shape index (κ1) is 19.6. The van der Waals surface area contributed by atoms with Gasteiger partial charge in [-0.1, -0.05) is 48.5 Å². The summed E-state index contributed by atoms with van der Waals surface area (Å²) in [5, 5.41) is 12.5. The lowest BCUT2D eigenvalue weighted by Crippen LogP contribution is -2.43. The molecular formula is C20H23NO5. The molecule has 2 rings (SSSR count). The molecule has 0 radical (unpaired) electrons. The van der Waals surface area contributed by atoms with E-state index in [0.29, 0.717) is 17.7 Å². The number of amides is 1. The molecule has 0 aliphatic heterocycles. The number of carboxylic acids is 1. The third-order valence-electron chi connectivity index (χ3n) is 3.77. The van der Waals surface area contributed by atoms with Crippen LogP contribution in [-0.2, 0) is 14.3 Å². The van der Waals surface area contributed by atoms with E-state index in [1.165, 1.54) is 0 Å². The second kappa shape index (κ2) is 9.70. The number of nitrogens with one attached hydrogen (secondary N) is 1. The molecule has 26 heavy (non-hydrogen) atoms. The average molecular weight is 357 g/mol. The Balaban J connectivity index is 2.30. The van der Waals surface area contributed by atoms with Crippen LogP contribution in [0, 0.1) is 0 Å². The molecule has 0 aliphatic rings. The summed E-state index contributed by atoms with van der Waals surface area (Å²) in [6, 6.07) is 16.6. The Bertz CT molecular complexity index is 705. The van der Waals surface area contributed by atoms with Crippen LogP contribution in [0.5, 0.6) is 0 Å². The van der Waals surface area contributed by atoms with Crippen LogP contribution in [0.25, 0.3) is 0 Å². The second-order valence-electron chi connectivity index (χ2n) is 5.65. The van der Waals surface area contributed by atoms with Gasteiger partial charge in [0.2, 0.25) is 0 Å². The van der Waals surface area contributed by atoms with E-state index in [2.05, 4.69) is 5.32 Å². The molecule has 3 atom stereocenters. The number of carboxylic acid groups (broad SMARTS) is 1. The second-order valence-corrected chi connectivity index (χ2v) is 5.65. The molecule has 0 saturated heterocycles. The lowest BCUT2D eigenvalue weighted by molar-refractivity contribution is -0.187. The third kappa shape index (κ3) is 5.40. The summed E-state index contributed by atoms with van der Waals surface area (Å²) in [5.41, 5.74) is 1.07. The summed E-state index contributed by atoms with van der Waals surface area (Å²) < 4.78 is 10.9. The van der Waals surface area contributed by atoms with E-state index >= 15 is 0 Å². The molecule has 1 amide bonds. The van der Waals surface area contributed by atoms with E-state index < -0.39 is 24.4 Å². The van der Waals surface area contributed by atoms with Crippen LogP contribution in [0.4, 0.5) is 0 Å². The van der Waals surface area contributed by atoms with Crippen molar-refractivity contribution in [1.29, 1.82) is 0 Å². The molecule has 2 aromatic rings. The molecule has 0 aliphatic carbocycles. The van der Waals surface area contributed by atoms with Crippen molar-refractivity contribution in [3.05, 3.63) is 71.8 Å². The van der Waals surface area contributed by atoms with Crippen molar-refractivity contribution in [2.45, 2.75) is 32.3 Å². The lowest BCUT2D eigenvalue weighted by atomic mass is 10.0. The Kier molecular flexibility index (Phi) is 7.32. The van der Waals surface area contributed by atoms with Crippen molar-refractivity contribution in [2.24, 2.45) is 0 Å². The Morgan fingerprint density at radius 2 is 1.62 bits per heavy atom. The average Bonchev–Trinajstić information content (AvgIpc) is 2.66. The van der Waals surface area contributed by atoms with Gasteiger partial charge in [0.1, 0.15) is 0 Å². The van der Waals surface area contributed by atoms with Crippen LogP contribution in [0.3, 0.4) is 0 Å². The molecule has 0 heterocycles. The molecule has 6 heteroatoms. The maximum atomic E-state index is 12.6. The van der Waals surface area contributed by atoms with Crippen molar-refractivity contribution in [3.8, 4) is 0 Å². The van der Waals surface area contributed by atoms with E-state index in [1.807, 2.05) is 6.07 Å². The zero-order valence-electron chi connectivity index (χ0n) is 14.8. The van der Waals surface area contributed by atoms with Crippen LogP contribution < -0.4 is 5.32 Å². The Morgan fingerprint density at radius 1 is 1.04 bits per heavy atom. The maximum absolute atomic E-state index is 12.6. The maximum Gasteiger partial charge on any atom is 0.335 e. The summed E-state index contributed by atoms with van der Waals surface area (Å²) in [6.07, 6.45) is -2.02. The predicted octanol–water partition coefficient (Wildman–Crippen LogP) is 3.01. The van der Waals surface area contributed by atoms with Crippen LogP contribution in [0.2, 0.25) is 0 Å². The van der Waals surface area contributed by atoms with Crippen LogP contribution in [0.15, 0.2) is 60.7 Å². The minimum Gasteiger partial charge on any atom is -0.479 e. The highest BCUT2D eigenvalue weighted by atomic mass is 16.7. The quantitative estimate of drug-likeness (QED) is 0.674. The lowest BCUT2D eigenvalue weighted by Gasteiger charge is -2.28. The van der Waals surface area contributed by atoms with Crippen molar-refractivity contribution in [2.75, 3.05) is 6.61 Å². The summed E-state index contributed by atoms with van der Waals surface area (Å²) in [4.78, 5) is 24.4. The number of ether oxygens (including phenoxy) is 2. The molecule has 2 aromatic carbocycles. The van der Waals surface area contributed by atoms with Gasteiger partial charge in [-0.05, 0) is 31.5 Å². The first-order chi connectivity index (χ1) is 12.5. The Morgan fingerprint density at radius 3 is 2.15 bits per heavy atom. The van der Waals surface area contributed by atoms with Gasteiger partial charge in [0.25, 0.3) is 5.91 Å². The topological polar surface area (TPSA) is 84.9 Å². The highest BCUT2D eigenvalue weighted by molar-refractivity contribution is 5.94. The van der Waals surface area contributed by atoms with E-state index in [0.717, 1.165) is 0 Å². The standard InChI is InChI=1S/C20H23NO5/c1-3-25-14(2)26-18(20(23)24)17(15-10-6-4-7-11-15)21-19(22)16-12-8-5-9-13-16/h4-14,17-18H,3H2,1-2H3,(H,21,22)(H,23,24)/t14?,17-,18?/m1/s1. The highest BCUT2D eigenvalue weighted by Crippen LogP contribution is 2.22.